The van der Waals surface area contributed by atoms with Gasteiger partial charge in [0.15, 0.2) is 0 Å². The van der Waals surface area contributed by atoms with Gasteiger partial charge in [0.05, 0.1) is 15.7 Å². The van der Waals surface area contributed by atoms with Crippen LogP contribution in [0.2, 0.25) is 10.0 Å². The molecule has 0 bridgehead atoms. The Hall–Kier alpha value is -1.77. The van der Waals surface area contributed by atoms with Crippen LogP contribution in [-0.2, 0) is 0 Å². The number of hydrogen-bond acceptors (Lipinski definition) is 1. The fraction of sp³-hybridized carbons (Fsp3) is 0. The van der Waals surface area contributed by atoms with E-state index in [1.54, 1.807) is 30.3 Å². The SMILES string of the molecule is O=C(c1ccccc1)c1cc2cc(Cl)c(Cl)cc2[nH]1. The van der Waals surface area contributed by atoms with Crippen molar-refractivity contribution in [1.29, 1.82) is 0 Å². The highest BCUT2D eigenvalue weighted by atomic mass is 35.5. The minimum absolute atomic E-state index is 0.0518. The van der Waals surface area contributed by atoms with Gasteiger partial charge in [-0.15, -0.1) is 0 Å². The Balaban J connectivity index is 2.09. The molecule has 4 heteroatoms. The first kappa shape index (κ1) is 12.3. The quantitative estimate of drug-likeness (QED) is 0.681. The van der Waals surface area contributed by atoms with Crippen molar-refractivity contribution in [1.82, 2.24) is 4.98 Å². The second kappa shape index (κ2) is 4.72. The van der Waals surface area contributed by atoms with Gasteiger partial charge in [0.2, 0.25) is 5.78 Å². The molecular formula is C15H9Cl2NO. The number of aromatic amines is 1. The molecule has 0 spiro atoms. The fourth-order valence-corrected chi connectivity index (χ4v) is 2.33. The Kier molecular flexibility index (Phi) is 3.05. The second-order valence-electron chi connectivity index (χ2n) is 4.23. The summed E-state index contributed by atoms with van der Waals surface area (Å²) in [7, 11) is 0. The van der Waals surface area contributed by atoms with Crippen LogP contribution < -0.4 is 0 Å². The van der Waals surface area contributed by atoms with Gasteiger partial charge in [0.1, 0.15) is 0 Å². The van der Waals surface area contributed by atoms with Crippen molar-refractivity contribution >= 4 is 39.9 Å². The zero-order valence-corrected chi connectivity index (χ0v) is 11.3. The van der Waals surface area contributed by atoms with Crippen LogP contribution in [0.1, 0.15) is 16.1 Å². The maximum Gasteiger partial charge on any atom is 0.209 e. The van der Waals surface area contributed by atoms with E-state index in [4.69, 9.17) is 23.2 Å². The highest BCUT2D eigenvalue weighted by molar-refractivity contribution is 6.42. The van der Waals surface area contributed by atoms with Gasteiger partial charge in [-0.05, 0) is 18.2 Å². The van der Waals surface area contributed by atoms with Crippen LogP contribution in [0, 0.1) is 0 Å². The van der Waals surface area contributed by atoms with Gasteiger partial charge in [-0.2, -0.15) is 0 Å². The summed E-state index contributed by atoms with van der Waals surface area (Å²) in [5.41, 5.74) is 1.97. The summed E-state index contributed by atoms with van der Waals surface area (Å²) in [6.07, 6.45) is 0. The van der Waals surface area contributed by atoms with E-state index in [9.17, 15) is 4.79 Å². The molecule has 19 heavy (non-hydrogen) atoms. The first-order valence-electron chi connectivity index (χ1n) is 5.72. The van der Waals surface area contributed by atoms with E-state index in [1.807, 2.05) is 18.2 Å². The number of fused-ring (bicyclic) bond motifs is 1. The summed E-state index contributed by atoms with van der Waals surface area (Å²) in [6, 6.07) is 14.4. The molecular weight excluding hydrogens is 281 g/mol. The molecule has 1 N–H and O–H groups in total. The number of hydrogen-bond donors (Lipinski definition) is 1. The highest BCUT2D eigenvalue weighted by Gasteiger charge is 2.12. The first-order valence-corrected chi connectivity index (χ1v) is 6.48. The molecule has 94 valence electrons. The van der Waals surface area contributed by atoms with Crippen molar-refractivity contribution in [3.05, 3.63) is 69.8 Å². The summed E-state index contributed by atoms with van der Waals surface area (Å²) in [5, 5.41) is 1.82. The molecule has 0 unspecified atom stereocenters. The van der Waals surface area contributed by atoms with Crippen LogP contribution >= 0.6 is 23.2 Å². The number of carbonyl (C=O) groups excluding carboxylic acids is 1. The molecule has 0 radical (unpaired) electrons. The zero-order chi connectivity index (χ0) is 13.4. The third-order valence-electron chi connectivity index (χ3n) is 2.94. The summed E-state index contributed by atoms with van der Waals surface area (Å²) in [6.45, 7) is 0. The van der Waals surface area contributed by atoms with E-state index in [-0.39, 0.29) is 5.78 Å². The normalized spacial score (nSPS) is 10.8. The smallest absolute Gasteiger partial charge is 0.209 e. The lowest BCUT2D eigenvalue weighted by Crippen LogP contribution is -2.00. The molecule has 0 saturated carbocycles. The molecule has 3 aromatic rings. The largest absolute Gasteiger partial charge is 0.352 e. The lowest BCUT2D eigenvalue weighted by atomic mass is 10.1. The number of nitrogens with one attached hydrogen (secondary N) is 1. The Morgan fingerprint density at radius 3 is 2.37 bits per heavy atom. The van der Waals surface area contributed by atoms with Gasteiger partial charge in [-0.3, -0.25) is 4.79 Å². The number of H-pyrrole nitrogens is 1. The number of rotatable bonds is 2. The zero-order valence-electron chi connectivity index (χ0n) is 9.78. The summed E-state index contributed by atoms with van der Waals surface area (Å²) < 4.78 is 0. The number of carbonyl (C=O) groups is 1. The minimum Gasteiger partial charge on any atom is -0.352 e. The molecule has 0 saturated heterocycles. The average Bonchev–Trinajstić information content (AvgIpc) is 2.82. The molecule has 0 amide bonds. The number of halogens is 2. The first-order chi connectivity index (χ1) is 9.15. The maximum atomic E-state index is 12.3. The highest BCUT2D eigenvalue weighted by Crippen LogP contribution is 2.28. The lowest BCUT2D eigenvalue weighted by Gasteiger charge is -1.96. The van der Waals surface area contributed by atoms with E-state index in [2.05, 4.69) is 4.98 Å². The van der Waals surface area contributed by atoms with Crippen molar-refractivity contribution in [2.75, 3.05) is 0 Å². The maximum absolute atomic E-state index is 12.3. The standard InChI is InChI=1S/C15H9Cl2NO/c16-11-6-10-7-14(18-13(10)8-12(11)17)15(19)9-4-2-1-3-5-9/h1-8,18H. The molecule has 0 atom stereocenters. The summed E-state index contributed by atoms with van der Waals surface area (Å²) in [4.78, 5) is 15.4. The Bertz CT molecular complexity index is 723. The van der Waals surface area contributed by atoms with Crippen molar-refractivity contribution in [2.45, 2.75) is 0 Å². The molecule has 1 aromatic heterocycles. The molecule has 2 aromatic carbocycles. The molecule has 0 aliphatic heterocycles. The van der Waals surface area contributed by atoms with E-state index < -0.39 is 0 Å². The average molecular weight is 290 g/mol. The van der Waals surface area contributed by atoms with Gasteiger partial charge in [0.25, 0.3) is 0 Å². The van der Waals surface area contributed by atoms with Gasteiger partial charge < -0.3 is 4.98 Å². The van der Waals surface area contributed by atoms with E-state index in [0.717, 1.165) is 10.9 Å². The molecule has 1 heterocycles. The predicted molar refractivity (Wildman–Crippen MR) is 78.2 cm³/mol. The van der Waals surface area contributed by atoms with E-state index >= 15 is 0 Å². The third kappa shape index (κ3) is 2.25. The van der Waals surface area contributed by atoms with Crippen LogP contribution in [0.3, 0.4) is 0 Å². The summed E-state index contributed by atoms with van der Waals surface area (Å²) >= 11 is 11.9. The van der Waals surface area contributed by atoms with Gasteiger partial charge in [-0.1, -0.05) is 53.5 Å². The van der Waals surface area contributed by atoms with E-state index in [1.165, 1.54) is 0 Å². The molecule has 2 nitrogen and oxygen atoms in total. The van der Waals surface area contributed by atoms with Crippen LogP contribution in [0.15, 0.2) is 48.5 Å². The Morgan fingerprint density at radius 2 is 1.63 bits per heavy atom. The van der Waals surface area contributed by atoms with Crippen LogP contribution in [0.25, 0.3) is 10.9 Å². The van der Waals surface area contributed by atoms with E-state index in [0.29, 0.717) is 21.3 Å². The van der Waals surface area contributed by atoms with Gasteiger partial charge in [0, 0.05) is 16.5 Å². The van der Waals surface area contributed by atoms with Crippen LogP contribution in [0.4, 0.5) is 0 Å². The number of ketones is 1. The minimum atomic E-state index is -0.0518. The lowest BCUT2D eigenvalue weighted by molar-refractivity contribution is 0.103. The van der Waals surface area contributed by atoms with Crippen molar-refractivity contribution < 1.29 is 4.79 Å². The van der Waals surface area contributed by atoms with Crippen molar-refractivity contribution in [3.8, 4) is 0 Å². The monoisotopic (exact) mass is 289 g/mol. The van der Waals surface area contributed by atoms with Gasteiger partial charge in [-0.25, -0.2) is 0 Å². The Morgan fingerprint density at radius 1 is 0.947 bits per heavy atom. The molecule has 0 aliphatic carbocycles. The van der Waals surface area contributed by atoms with Crippen molar-refractivity contribution in [3.63, 3.8) is 0 Å². The molecule has 3 rings (SSSR count). The predicted octanol–water partition coefficient (Wildman–Crippen LogP) is 4.71. The van der Waals surface area contributed by atoms with Crippen LogP contribution in [0.5, 0.6) is 0 Å². The Labute approximate surface area is 120 Å². The third-order valence-corrected chi connectivity index (χ3v) is 3.66. The molecule has 0 fully saturated rings. The number of aromatic nitrogens is 1. The summed E-state index contributed by atoms with van der Waals surface area (Å²) in [5.74, 6) is -0.0518. The number of benzene rings is 2. The topological polar surface area (TPSA) is 32.9 Å². The molecule has 0 aliphatic rings. The van der Waals surface area contributed by atoms with Crippen molar-refractivity contribution in [2.24, 2.45) is 0 Å². The van der Waals surface area contributed by atoms with Crippen LogP contribution in [-0.4, -0.2) is 10.8 Å². The second-order valence-corrected chi connectivity index (χ2v) is 5.05. The fourth-order valence-electron chi connectivity index (χ4n) is 1.99. The van der Waals surface area contributed by atoms with Gasteiger partial charge >= 0.3 is 0 Å².